The maximum atomic E-state index is 13.7. The first kappa shape index (κ1) is 21.3. The number of fused-ring (bicyclic) bond motifs is 4. The van der Waals surface area contributed by atoms with Crippen molar-refractivity contribution in [3.63, 3.8) is 0 Å². The molecule has 0 bridgehead atoms. The monoisotopic (exact) mass is 477 g/mol. The first-order valence-corrected chi connectivity index (χ1v) is 11.8. The van der Waals surface area contributed by atoms with Crippen LogP contribution in [-0.4, -0.2) is 44.7 Å². The number of hydrogen-bond acceptors (Lipinski definition) is 5. The van der Waals surface area contributed by atoms with E-state index in [1.807, 2.05) is 47.4 Å². The molecule has 1 amide bonds. The third kappa shape index (κ3) is 3.09. The van der Waals surface area contributed by atoms with Gasteiger partial charge in [-0.2, -0.15) is 0 Å². The molecule has 1 atom stereocenters. The molecule has 1 N–H and O–H groups in total. The molecule has 2 aromatic carbocycles. The minimum absolute atomic E-state index is 0.00870. The highest BCUT2D eigenvalue weighted by Gasteiger charge is 2.35. The Morgan fingerprint density at radius 1 is 1.21 bits per heavy atom. The quantitative estimate of drug-likeness (QED) is 0.481. The van der Waals surface area contributed by atoms with Gasteiger partial charge in [0.25, 0.3) is 11.5 Å². The smallest absolute Gasteiger partial charge is 0.294 e. The summed E-state index contributed by atoms with van der Waals surface area (Å²) in [5.41, 5.74) is 4.62. The predicted octanol–water partition coefficient (Wildman–Crippen LogP) is 4.02. The fraction of sp³-hybridized carbons (Fsp3) is 0.360. The molecule has 0 spiro atoms. The van der Waals surface area contributed by atoms with Crippen LogP contribution in [0.5, 0.6) is 0 Å². The zero-order valence-electron chi connectivity index (χ0n) is 19.1. The number of methoxy groups -OCH3 is 1. The van der Waals surface area contributed by atoms with Crippen LogP contribution in [0.1, 0.15) is 53.0 Å². The summed E-state index contributed by atoms with van der Waals surface area (Å²) in [5.74, 6) is 0.844. The SMILES string of the molecule is COC1CC(c2nnc3c(=O)[nH]c4cc(C(=O)N5c6ccc(Cl)cc6CC5C)c(C)cc4n23)C1. The lowest BCUT2D eigenvalue weighted by Crippen LogP contribution is -2.36. The summed E-state index contributed by atoms with van der Waals surface area (Å²) in [6, 6.07) is 9.35. The largest absolute Gasteiger partial charge is 0.381 e. The number of anilines is 1. The maximum absolute atomic E-state index is 13.7. The van der Waals surface area contributed by atoms with Crippen LogP contribution >= 0.6 is 11.6 Å². The number of amides is 1. The average molecular weight is 478 g/mol. The van der Waals surface area contributed by atoms with Gasteiger partial charge < -0.3 is 14.6 Å². The summed E-state index contributed by atoms with van der Waals surface area (Å²) in [5, 5.41) is 9.16. The van der Waals surface area contributed by atoms with E-state index in [4.69, 9.17) is 16.3 Å². The number of rotatable bonds is 3. The van der Waals surface area contributed by atoms with Crippen LogP contribution in [0.3, 0.4) is 0 Å². The second-order valence-corrected chi connectivity index (χ2v) is 9.82. The van der Waals surface area contributed by atoms with Crippen molar-refractivity contribution in [2.75, 3.05) is 12.0 Å². The summed E-state index contributed by atoms with van der Waals surface area (Å²) in [4.78, 5) is 31.3. The van der Waals surface area contributed by atoms with Gasteiger partial charge in [0.2, 0.25) is 5.65 Å². The zero-order valence-corrected chi connectivity index (χ0v) is 19.9. The Morgan fingerprint density at radius 2 is 2.00 bits per heavy atom. The molecule has 9 heteroatoms. The van der Waals surface area contributed by atoms with E-state index in [9.17, 15) is 9.59 Å². The number of aromatic nitrogens is 4. The van der Waals surface area contributed by atoms with Crippen molar-refractivity contribution >= 4 is 39.9 Å². The van der Waals surface area contributed by atoms with Gasteiger partial charge in [0.15, 0.2) is 0 Å². The standard InChI is InChI=1S/C25H24ClN5O3/c1-12-6-21-19(27-24(32)23-29-28-22(31(21)23)15-9-17(10-15)34-3)11-18(12)25(33)30-13(2)7-14-8-16(26)4-5-20(14)30/h4-6,8,11,13,15,17H,7,9-10H2,1-3H3,(H,27,32). The molecule has 4 aromatic rings. The van der Waals surface area contributed by atoms with Crippen LogP contribution in [0.2, 0.25) is 5.02 Å². The average Bonchev–Trinajstić information content (AvgIpc) is 3.34. The normalized spacial score (nSPS) is 21.8. The Bertz CT molecular complexity index is 1540. The number of hydrogen-bond donors (Lipinski definition) is 1. The first-order chi connectivity index (χ1) is 16.4. The molecule has 0 saturated heterocycles. The van der Waals surface area contributed by atoms with Gasteiger partial charge in [-0.15, -0.1) is 10.2 Å². The summed E-state index contributed by atoms with van der Waals surface area (Å²) >= 11 is 6.17. The van der Waals surface area contributed by atoms with Crippen LogP contribution in [0.15, 0.2) is 35.1 Å². The van der Waals surface area contributed by atoms with Crippen molar-refractivity contribution in [1.29, 1.82) is 0 Å². The Balaban J connectivity index is 1.47. The highest BCUT2D eigenvalue weighted by Crippen LogP contribution is 2.39. The highest BCUT2D eigenvalue weighted by atomic mass is 35.5. The van der Waals surface area contributed by atoms with E-state index in [0.717, 1.165) is 47.4 Å². The van der Waals surface area contributed by atoms with E-state index in [0.29, 0.717) is 16.1 Å². The number of benzene rings is 2. The number of H-pyrrole nitrogens is 1. The molecule has 1 saturated carbocycles. The van der Waals surface area contributed by atoms with Gasteiger partial charge in [0, 0.05) is 35.3 Å². The van der Waals surface area contributed by atoms with Gasteiger partial charge in [-0.25, -0.2) is 0 Å². The Labute approximate surface area is 200 Å². The molecule has 2 aliphatic rings. The lowest BCUT2D eigenvalue weighted by molar-refractivity contribution is 0.0235. The van der Waals surface area contributed by atoms with Crippen molar-refractivity contribution in [2.24, 2.45) is 0 Å². The van der Waals surface area contributed by atoms with Crippen molar-refractivity contribution in [1.82, 2.24) is 19.6 Å². The molecule has 0 radical (unpaired) electrons. The topological polar surface area (TPSA) is 92.6 Å². The van der Waals surface area contributed by atoms with E-state index >= 15 is 0 Å². The number of nitrogens with zero attached hydrogens (tertiary/aromatic N) is 4. The predicted molar refractivity (Wildman–Crippen MR) is 130 cm³/mol. The Kier molecular flexibility index (Phi) is 4.79. The van der Waals surface area contributed by atoms with Gasteiger partial charge in [-0.3, -0.25) is 14.0 Å². The summed E-state index contributed by atoms with van der Waals surface area (Å²) < 4.78 is 7.25. The van der Waals surface area contributed by atoms with Crippen molar-refractivity contribution in [3.05, 3.63) is 68.2 Å². The van der Waals surface area contributed by atoms with Crippen molar-refractivity contribution < 1.29 is 9.53 Å². The molecule has 34 heavy (non-hydrogen) atoms. The lowest BCUT2D eigenvalue weighted by atomic mass is 9.81. The van der Waals surface area contributed by atoms with Gasteiger partial charge in [-0.1, -0.05) is 11.6 Å². The highest BCUT2D eigenvalue weighted by molar-refractivity contribution is 6.30. The van der Waals surface area contributed by atoms with Crippen LogP contribution in [-0.2, 0) is 11.2 Å². The maximum Gasteiger partial charge on any atom is 0.294 e. The van der Waals surface area contributed by atoms with Crippen LogP contribution in [0.4, 0.5) is 5.69 Å². The number of ether oxygens (including phenoxy) is 1. The molecule has 3 heterocycles. The number of carbonyl (C=O) groups excluding carboxylic acids is 1. The number of aryl methyl sites for hydroxylation is 1. The van der Waals surface area contributed by atoms with Gasteiger partial charge in [0.05, 0.1) is 17.1 Å². The fourth-order valence-electron chi connectivity index (χ4n) is 5.34. The van der Waals surface area contributed by atoms with Gasteiger partial charge in [0.1, 0.15) is 5.82 Å². The van der Waals surface area contributed by atoms with E-state index in [1.54, 1.807) is 13.2 Å². The minimum atomic E-state index is -0.328. The third-order valence-corrected chi connectivity index (χ3v) is 7.46. The second kappa shape index (κ2) is 7.65. The molecule has 1 fully saturated rings. The molecule has 1 aliphatic carbocycles. The molecule has 6 rings (SSSR count). The van der Waals surface area contributed by atoms with E-state index in [-0.39, 0.29) is 35.2 Å². The molecule has 1 aliphatic heterocycles. The molecule has 2 aromatic heterocycles. The Hall–Kier alpha value is -3.23. The van der Waals surface area contributed by atoms with E-state index in [1.165, 1.54) is 0 Å². The van der Waals surface area contributed by atoms with Crippen molar-refractivity contribution in [3.8, 4) is 0 Å². The van der Waals surface area contributed by atoms with Crippen LogP contribution in [0, 0.1) is 6.92 Å². The number of carbonyl (C=O) groups is 1. The van der Waals surface area contributed by atoms with E-state index < -0.39 is 0 Å². The van der Waals surface area contributed by atoms with E-state index in [2.05, 4.69) is 15.2 Å². The second-order valence-electron chi connectivity index (χ2n) is 9.38. The Morgan fingerprint density at radius 3 is 2.76 bits per heavy atom. The molecule has 174 valence electrons. The zero-order chi connectivity index (χ0) is 23.7. The summed E-state index contributed by atoms with van der Waals surface area (Å²) in [7, 11) is 1.71. The summed E-state index contributed by atoms with van der Waals surface area (Å²) in [6.45, 7) is 3.95. The summed E-state index contributed by atoms with van der Waals surface area (Å²) in [6.07, 6.45) is 2.64. The number of halogens is 1. The van der Waals surface area contributed by atoms with Gasteiger partial charge in [-0.05, 0) is 74.6 Å². The molecule has 8 nitrogen and oxygen atoms in total. The first-order valence-electron chi connectivity index (χ1n) is 11.4. The fourth-order valence-corrected chi connectivity index (χ4v) is 5.53. The lowest BCUT2D eigenvalue weighted by Gasteiger charge is -2.32. The minimum Gasteiger partial charge on any atom is -0.381 e. The molecular weight excluding hydrogens is 454 g/mol. The molecule has 1 unspecified atom stereocenters. The number of aromatic amines is 1. The molecular formula is C25H24ClN5O3. The van der Waals surface area contributed by atoms with Crippen molar-refractivity contribution in [2.45, 2.75) is 51.2 Å². The van der Waals surface area contributed by atoms with Crippen LogP contribution in [0.25, 0.3) is 16.7 Å². The number of nitrogens with one attached hydrogen (secondary N) is 1. The van der Waals surface area contributed by atoms with Crippen LogP contribution < -0.4 is 10.5 Å². The third-order valence-electron chi connectivity index (χ3n) is 7.22. The van der Waals surface area contributed by atoms with Gasteiger partial charge >= 0.3 is 0 Å².